The predicted molar refractivity (Wildman–Crippen MR) is 97.3 cm³/mol. The lowest BCUT2D eigenvalue weighted by Gasteiger charge is -2.23. The van der Waals surface area contributed by atoms with E-state index in [0.29, 0.717) is 13.2 Å². The molecule has 1 amide bonds. The molecule has 0 heterocycles. The Balaban J connectivity index is 1.86. The van der Waals surface area contributed by atoms with E-state index in [1.165, 1.54) is 11.1 Å². The normalized spacial score (nSPS) is 12.0. The van der Waals surface area contributed by atoms with Crippen LogP contribution in [0.1, 0.15) is 22.7 Å². The molecule has 0 saturated heterocycles. The van der Waals surface area contributed by atoms with Gasteiger partial charge in [-0.05, 0) is 56.8 Å². The van der Waals surface area contributed by atoms with E-state index in [0.717, 1.165) is 11.3 Å². The number of aryl methyl sites for hydroxylation is 2. The van der Waals surface area contributed by atoms with Crippen LogP contribution in [0.2, 0.25) is 0 Å². The van der Waals surface area contributed by atoms with Crippen molar-refractivity contribution in [3.05, 3.63) is 65.2 Å². The predicted octanol–water partition coefficient (Wildman–Crippen LogP) is 3.10. The molecule has 128 valence electrons. The van der Waals surface area contributed by atoms with Crippen LogP contribution in [0.3, 0.4) is 0 Å². The molecular formula is C20H26N2O2. The molecule has 4 nitrogen and oxygen atoms in total. The molecule has 0 bridgehead atoms. The number of hydrogen-bond acceptors (Lipinski definition) is 3. The number of rotatable bonds is 7. The van der Waals surface area contributed by atoms with Crippen molar-refractivity contribution in [3.63, 3.8) is 0 Å². The van der Waals surface area contributed by atoms with Gasteiger partial charge in [-0.3, -0.25) is 9.69 Å². The van der Waals surface area contributed by atoms with E-state index in [1.807, 2.05) is 67.5 Å². The van der Waals surface area contributed by atoms with E-state index in [2.05, 4.69) is 19.2 Å². The van der Waals surface area contributed by atoms with Gasteiger partial charge in [-0.2, -0.15) is 0 Å². The first-order chi connectivity index (χ1) is 11.5. The quantitative estimate of drug-likeness (QED) is 0.795. The van der Waals surface area contributed by atoms with Crippen molar-refractivity contribution >= 4 is 5.91 Å². The number of nitrogens with zero attached hydrogens (tertiary/aromatic N) is 1. The summed E-state index contributed by atoms with van der Waals surface area (Å²) < 4.78 is 5.71. The third-order valence-corrected chi connectivity index (χ3v) is 4.03. The zero-order valence-corrected chi connectivity index (χ0v) is 14.9. The number of amides is 1. The second kappa shape index (κ2) is 8.50. The lowest BCUT2D eigenvalue weighted by atomic mass is 10.1. The molecular weight excluding hydrogens is 300 g/mol. The Morgan fingerprint density at radius 3 is 2.42 bits per heavy atom. The first-order valence-electron chi connectivity index (χ1n) is 8.18. The van der Waals surface area contributed by atoms with Gasteiger partial charge in [0, 0.05) is 0 Å². The maximum atomic E-state index is 12.5. The fourth-order valence-electron chi connectivity index (χ4n) is 2.56. The highest BCUT2D eigenvalue weighted by molar-refractivity contribution is 5.83. The first-order valence-corrected chi connectivity index (χ1v) is 8.18. The van der Waals surface area contributed by atoms with Gasteiger partial charge in [0.2, 0.25) is 5.91 Å². The van der Waals surface area contributed by atoms with Gasteiger partial charge in [0.1, 0.15) is 18.4 Å². The van der Waals surface area contributed by atoms with Gasteiger partial charge >= 0.3 is 0 Å². The zero-order valence-electron chi connectivity index (χ0n) is 14.9. The highest BCUT2D eigenvalue weighted by Crippen LogP contribution is 2.18. The van der Waals surface area contributed by atoms with E-state index < -0.39 is 0 Å². The summed E-state index contributed by atoms with van der Waals surface area (Å²) in [5.74, 6) is 0.814. The van der Waals surface area contributed by atoms with Crippen molar-refractivity contribution in [2.75, 3.05) is 27.2 Å². The van der Waals surface area contributed by atoms with Crippen molar-refractivity contribution in [3.8, 4) is 5.75 Å². The van der Waals surface area contributed by atoms with Crippen LogP contribution in [0, 0.1) is 13.8 Å². The summed E-state index contributed by atoms with van der Waals surface area (Å²) in [4.78, 5) is 14.4. The van der Waals surface area contributed by atoms with E-state index in [1.54, 1.807) is 0 Å². The number of nitrogens with one attached hydrogen (secondary N) is 1. The van der Waals surface area contributed by atoms with Crippen molar-refractivity contribution in [1.29, 1.82) is 0 Å². The largest absolute Gasteiger partial charge is 0.492 e. The highest BCUT2D eigenvalue weighted by Gasteiger charge is 2.22. The third kappa shape index (κ3) is 4.83. The Labute approximate surface area is 144 Å². The fraction of sp³-hybridized carbons (Fsp3) is 0.350. The summed E-state index contributed by atoms with van der Waals surface area (Å²) in [6.45, 7) is 5.06. The third-order valence-electron chi connectivity index (χ3n) is 4.03. The summed E-state index contributed by atoms with van der Waals surface area (Å²) in [5.41, 5.74) is 3.43. The molecule has 0 radical (unpaired) electrons. The SMILES string of the molecule is Cc1ccc(OCCNC(=O)C(c2ccccc2)N(C)C)cc1C. The minimum absolute atomic E-state index is 0.0186. The Hall–Kier alpha value is -2.33. The number of likely N-dealkylation sites (N-methyl/N-ethyl adjacent to an activating group) is 1. The van der Waals surface area contributed by atoms with Gasteiger partial charge < -0.3 is 10.1 Å². The lowest BCUT2D eigenvalue weighted by Crippen LogP contribution is -2.38. The van der Waals surface area contributed by atoms with Crippen LogP contribution in [0.4, 0.5) is 0 Å². The Morgan fingerprint density at radius 1 is 1.08 bits per heavy atom. The number of hydrogen-bond donors (Lipinski definition) is 1. The molecule has 0 aliphatic carbocycles. The second-order valence-corrected chi connectivity index (χ2v) is 6.16. The molecule has 2 rings (SSSR count). The minimum atomic E-state index is -0.298. The summed E-state index contributed by atoms with van der Waals surface area (Å²) in [5, 5.41) is 2.95. The van der Waals surface area contributed by atoms with Gasteiger partial charge in [0.25, 0.3) is 0 Å². The van der Waals surface area contributed by atoms with Crippen molar-refractivity contribution < 1.29 is 9.53 Å². The maximum absolute atomic E-state index is 12.5. The Bertz CT molecular complexity index is 669. The van der Waals surface area contributed by atoms with E-state index in [-0.39, 0.29) is 11.9 Å². The number of carbonyl (C=O) groups is 1. The number of ether oxygens (including phenoxy) is 1. The Morgan fingerprint density at radius 2 is 1.79 bits per heavy atom. The van der Waals surface area contributed by atoms with Crippen molar-refractivity contribution in [2.24, 2.45) is 0 Å². The van der Waals surface area contributed by atoms with Gasteiger partial charge in [-0.15, -0.1) is 0 Å². The molecule has 0 fully saturated rings. The zero-order chi connectivity index (χ0) is 17.5. The molecule has 0 spiro atoms. The number of benzene rings is 2. The summed E-state index contributed by atoms with van der Waals surface area (Å²) in [6.07, 6.45) is 0. The summed E-state index contributed by atoms with van der Waals surface area (Å²) in [7, 11) is 3.81. The number of carbonyl (C=O) groups excluding carboxylic acids is 1. The maximum Gasteiger partial charge on any atom is 0.242 e. The molecule has 0 aliphatic rings. The van der Waals surface area contributed by atoms with E-state index in [9.17, 15) is 4.79 Å². The average Bonchev–Trinajstić information content (AvgIpc) is 2.55. The van der Waals surface area contributed by atoms with Crippen molar-refractivity contribution in [2.45, 2.75) is 19.9 Å². The van der Waals surface area contributed by atoms with Crippen LogP contribution in [0.15, 0.2) is 48.5 Å². The van der Waals surface area contributed by atoms with Gasteiger partial charge in [-0.1, -0.05) is 36.4 Å². The lowest BCUT2D eigenvalue weighted by molar-refractivity contribution is -0.125. The van der Waals surface area contributed by atoms with Crippen LogP contribution in [0.25, 0.3) is 0 Å². The van der Waals surface area contributed by atoms with Gasteiger partial charge in [0.15, 0.2) is 0 Å². The molecule has 0 aromatic heterocycles. The van der Waals surface area contributed by atoms with Gasteiger partial charge in [0.05, 0.1) is 6.54 Å². The highest BCUT2D eigenvalue weighted by atomic mass is 16.5. The van der Waals surface area contributed by atoms with Crippen LogP contribution in [-0.2, 0) is 4.79 Å². The fourth-order valence-corrected chi connectivity index (χ4v) is 2.56. The smallest absolute Gasteiger partial charge is 0.242 e. The van der Waals surface area contributed by atoms with Crippen LogP contribution >= 0.6 is 0 Å². The van der Waals surface area contributed by atoms with Gasteiger partial charge in [-0.25, -0.2) is 0 Å². The molecule has 0 aliphatic heterocycles. The molecule has 2 aromatic carbocycles. The monoisotopic (exact) mass is 326 g/mol. The van der Waals surface area contributed by atoms with Crippen LogP contribution in [0.5, 0.6) is 5.75 Å². The molecule has 1 unspecified atom stereocenters. The molecule has 0 saturated carbocycles. The standard InChI is InChI=1S/C20H26N2O2/c1-15-10-11-18(14-16(15)2)24-13-12-21-20(23)19(22(3)4)17-8-6-5-7-9-17/h5-11,14,19H,12-13H2,1-4H3,(H,21,23). The second-order valence-electron chi connectivity index (χ2n) is 6.16. The first kappa shape index (κ1) is 18.0. The van der Waals surface area contributed by atoms with E-state index in [4.69, 9.17) is 4.74 Å². The van der Waals surface area contributed by atoms with E-state index >= 15 is 0 Å². The van der Waals surface area contributed by atoms with Crippen LogP contribution in [-0.4, -0.2) is 38.1 Å². The van der Waals surface area contributed by atoms with Crippen LogP contribution < -0.4 is 10.1 Å². The molecule has 24 heavy (non-hydrogen) atoms. The topological polar surface area (TPSA) is 41.6 Å². The minimum Gasteiger partial charge on any atom is -0.492 e. The van der Waals surface area contributed by atoms with Crippen molar-refractivity contribution in [1.82, 2.24) is 10.2 Å². The Kier molecular flexibility index (Phi) is 6.38. The molecule has 1 atom stereocenters. The molecule has 4 heteroatoms. The summed E-state index contributed by atoms with van der Waals surface area (Å²) >= 11 is 0. The summed E-state index contributed by atoms with van der Waals surface area (Å²) in [6, 6.07) is 15.5. The molecule has 2 aromatic rings. The average molecular weight is 326 g/mol. The molecule has 1 N–H and O–H groups in total.